The summed E-state index contributed by atoms with van der Waals surface area (Å²) in [6.07, 6.45) is 0. The van der Waals surface area contributed by atoms with Crippen molar-refractivity contribution in [2.75, 3.05) is 0 Å². The molecule has 4 nitrogen and oxygen atoms in total. The summed E-state index contributed by atoms with van der Waals surface area (Å²) >= 11 is 0. The van der Waals surface area contributed by atoms with Crippen molar-refractivity contribution in [1.82, 2.24) is 9.13 Å². The zero-order valence-electron chi connectivity index (χ0n) is 20.7. The first-order valence-electron chi connectivity index (χ1n) is 12.3. The standard InChI is InChI=1S/C32H13F5N4/c33-24-25(34)27(36)32(28(37)26(24)35)41-23-11-4-2-9-19(23)21-13-12-20-18-8-1-3-10-22(18)40(30(20)31(21)41)29-16(14-38)6-5-7-17(29)15-39/h1-13H. The Morgan fingerprint density at radius 2 is 0.854 bits per heavy atom. The third kappa shape index (κ3) is 3.11. The number of para-hydroxylation sites is 3. The molecule has 41 heavy (non-hydrogen) atoms. The molecule has 0 radical (unpaired) electrons. The van der Waals surface area contributed by atoms with E-state index in [1.54, 1.807) is 59.2 Å². The topological polar surface area (TPSA) is 57.4 Å². The quantitative estimate of drug-likeness (QED) is 0.124. The molecule has 5 aromatic carbocycles. The van der Waals surface area contributed by atoms with Gasteiger partial charge in [-0.25, -0.2) is 22.0 Å². The number of hydrogen-bond acceptors (Lipinski definition) is 2. The molecule has 0 atom stereocenters. The zero-order valence-corrected chi connectivity index (χ0v) is 20.7. The minimum absolute atomic E-state index is 0.139. The van der Waals surface area contributed by atoms with Crippen molar-refractivity contribution >= 4 is 43.6 Å². The molecule has 9 heteroatoms. The molecule has 7 aromatic rings. The lowest BCUT2D eigenvalue weighted by Gasteiger charge is -2.15. The number of halogens is 5. The minimum atomic E-state index is -2.26. The fourth-order valence-electron chi connectivity index (χ4n) is 5.72. The van der Waals surface area contributed by atoms with E-state index in [2.05, 4.69) is 12.1 Å². The highest BCUT2D eigenvalue weighted by atomic mass is 19.2. The Balaban J connectivity index is 1.84. The molecule has 0 aliphatic carbocycles. The van der Waals surface area contributed by atoms with E-state index in [0.717, 1.165) is 4.57 Å². The van der Waals surface area contributed by atoms with E-state index in [9.17, 15) is 23.7 Å². The summed E-state index contributed by atoms with van der Waals surface area (Å²) in [6, 6.07) is 26.0. The molecule has 2 aromatic heterocycles. The SMILES string of the molecule is N#Cc1cccc(C#N)c1-n1c2ccccc2c2ccc3c4ccccc4n(-c4c(F)c(F)c(F)c(F)c4F)c3c21. The lowest BCUT2D eigenvalue weighted by molar-refractivity contribution is 0.376. The fraction of sp³-hybridized carbons (Fsp3) is 0. The molecule has 0 N–H and O–H groups in total. The van der Waals surface area contributed by atoms with Gasteiger partial charge >= 0.3 is 0 Å². The fourth-order valence-corrected chi connectivity index (χ4v) is 5.72. The number of fused-ring (bicyclic) bond motifs is 7. The number of rotatable bonds is 2. The van der Waals surface area contributed by atoms with Gasteiger partial charge in [-0.2, -0.15) is 10.5 Å². The van der Waals surface area contributed by atoms with Crippen LogP contribution in [0.1, 0.15) is 11.1 Å². The largest absolute Gasteiger partial charge is 0.305 e. The molecule has 2 heterocycles. The lowest BCUT2D eigenvalue weighted by Crippen LogP contribution is -2.10. The maximum Gasteiger partial charge on any atom is 0.200 e. The monoisotopic (exact) mass is 548 g/mol. The van der Waals surface area contributed by atoms with E-state index < -0.39 is 34.8 Å². The van der Waals surface area contributed by atoms with Crippen LogP contribution in [0, 0.1) is 51.7 Å². The maximum absolute atomic E-state index is 15.5. The molecule has 0 spiro atoms. The first-order valence-corrected chi connectivity index (χ1v) is 12.3. The predicted molar refractivity (Wildman–Crippen MR) is 144 cm³/mol. The van der Waals surface area contributed by atoms with Crippen LogP contribution >= 0.6 is 0 Å². The van der Waals surface area contributed by atoms with Crippen LogP contribution in [0.4, 0.5) is 22.0 Å². The molecule has 0 aliphatic rings. The van der Waals surface area contributed by atoms with Gasteiger partial charge in [-0.3, -0.25) is 0 Å². The van der Waals surface area contributed by atoms with E-state index in [1.807, 2.05) is 6.07 Å². The summed E-state index contributed by atoms with van der Waals surface area (Å²) < 4.78 is 76.8. The molecule has 0 unspecified atom stereocenters. The van der Waals surface area contributed by atoms with Gasteiger partial charge in [0.05, 0.1) is 38.9 Å². The van der Waals surface area contributed by atoms with Crippen LogP contribution < -0.4 is 0 Å². The normalized spacial score (nSPS) is 11.5. The first-order chi connectivity index (χ1) is 19.9. The predicted octanol–water partition coefficient (Wildman–Crippen LogP) is 8.32. The Labute approximate surface area is 227 Å². The van der Waals surface area contributed by atoms with Gasteiger partial charge in [-0.1, -0.05) is 54.6 Å². The van der Waals surface area contributed by atoms with E-state index in [-0.39, 0.29) is 27.8 Å². The Morgan fingerprint density at radius 3 is 1.32 bits per heavy atom. The molecule has 196 valence electrons. The van der Waals surface area contributed by atoms with E-state index in [4.69, 9.17) is 0 Å². The Kier molecular flexibility index (Phi) is 5.15. The van der Waals surface area contributed by atoms with Crippen LogP contribution in [-0.4, -0.2) is 9.13 Å². The first kappa shape index (κ1) is 24.4. The van der Waals surface area contributed by atoms with Crippen LogP contribution in [0.15, 0.2) is 78.9 Å². The maximum atomic E-state index is 15.5. The average molecular weight is 548 g/mol. The highest BCUT2D eigenvalue weighted by Crippen LogP contribution is 2.43. The van der Waals surface area contributed by atoms with Gasteiger partial charge in [0.25, 0.3) is 0 Å². The summed E-state index contributed by atoms with van der Waals surface area (Å²) in [5, 5.41) is 22.2. The van der Waals surface area contributed by atoms with Gasteiger partial charge in [-0.15, -0.1) is 0 Å². The highest BCUT2D eigenvalue weighted by molar-refractivity contribution is 6.24. The summed E-state index contributed by atoms with van der Waals surface area (Å²) in [6.45, 7) is 0. The van der Waals surface area contributed by atoms with Crippen molar-refractivity contribution in [1.29, 1.82) is 10.5 Å². The van der Waals surface area contributed by atoms with Crippen molar-refractivity contribution < 1.29 is 22.0 Å². The second-order valence-electron chi connectivity index (χ2n) is 9.41. The molecule has 0 aliphatic heterocycles. The minimum Gasteiger partial charge on any atom is -0.305 e. The van der Waals surface area contributed by atoms with E-state index in [1.165, 1.54) is 18.2 Å². The van der Waals surface area contributed by atoms with Crippen LogP contribution in [0.5, 0.6) is 0 Å². The number of benzene rings is 5. The van der Waals surface area contributed by atoms with E-state index >= 15 is 8.78 Å². The third-order valence-corrected chi connectivity index (χ3v) is 7.38. The summed E-state index contributed by atoms with van der Waals surface area (Å²) in [7, 11) is 0. The Morgan fingerprint density at radius 1 is 0.439 bits per heavy atom. The molecular formula is C32H13F5N4. The van der Waals surface area contributed by atoms with Gasteiger partial charge in [0.15, 0.2) is 23.3 Å². The van der Waals surface area contributed by atoms with Crippen molar-refractivity contribution in [2.45, 2.75) is 0 Å². The van der Waals surface area contributed by atoms with Crippen LogP contribution in [0.2, 0.25) is 0 Å². The number of hydrogen-bond donors (Lipinski definition) is 0. The molecule has 0 fully saturated rings. The van der Waals surface area contributed by atoms with Gasteiger partial charge in [0.1, 0.15) is 17.8 Å². The molecule has 7 rings (SSSR count). The molecule has 0 saturated heterocycles. The van der Waals surface area contributed by atoms with Crippen LogP contribution in [0.3, 0.4) is 0 Å². The molecular weight excluding hydrogens is 535 g/mol. The van der Waals surface area contributed by atoms with Gasteiger partial charge < -0.3 is 9.13 Å². The molecule has 0 saturated carbocycles. The van der Waals surface area contributed by atoms with Crippen molar-refractivity contribution in [2.24, 2.45) is 0 Å². The van der Waals surface area contributed by atoms with Crippen molar-refractivity contribution in [3.8, 4) is 23.5 Å². The van der Waals surface area contributed by atoms with E-state index in [0.29, 0.717) is 32.6 Å². The van der Waals surface area contributed by atoms with Crippen LogP contribution in [0.25, 0.3) is 55.0 Å². The lowest BCUT2D eigenvalue weighted by atomic mass is 10.1. The Hall–Kier alpha value is -5.67. The van der Waals surface area contributed by atoms with Crippen molar-refractivity contribution in [3.63, 3.8) is 0 Å². The van der Waals surface area contributed by atoms with Gasteiger partial charge in [0, 0.05) is 21.5 Å². The van der Waals surface area contributed by atoms with Gasteiger partial charge in [-0.05, 0) is 24.3 Å². The highest BCUT2D eigenvalue weighted by Gasteiger charge is 2.30. The summed E-state index contributed by atoms with van der Waals surface area (Å²) in [5.41, 5.74) is 0.636. The summed E-state index contributed by atoms with van der Waals surface area (Å²) in [4.78, 5) is 0. The zero-order chi connectivity index (χ0) is 28.6. The number of nitrogens with zero attached hydrogens (tertiary/aromatic N) is 4. The Bertz CT molecular complexity index is 2290. The summed E-state index contributed by atoms with van der Waals surface area (Å²) in [5.74, 6) is -10.4. The second kappa shape index (κ2) is 8.67. The molecule has 0 bridgehead atoms. The number of aromatic nitrogens is 2. The second-order valence-corrected chi connectivity index (χ2v) is 9.41. The average Bonchev–Trinajstić information content (AvgIpc) is 3.52. The van der Waals surface area contributed by atoms with Crippen LogP contribution in [-0.2, 0) is 0 Å². The number of nitriles is 2. The van der Waals surface area contributed by atoms with Gasteiger partial charge in [0.2, 0.25) is 5.82 Å². The third-order valence-electron chi connectivity index (χ3n) is 7.38. The smallest absolute Gasteiger partial charge is 0.200 e. The van der Waals surface area contributed by atoms with Crippen molar-refractivity contribution in [3.05, 3.63) is 119 Å². The molecule has 0 amide bonds.